The number of carbonyl (C=O) groups excluding carboxylic acids is 1. The Hall–Kier alpha value is -3.36. The molecule has 1 aliphatic rings. The van der Waals surface area contributed by atoms with Gasteiger partial charge in [0.05, 0.1) is 12.7 Å². The van der Waals surface area contributed by atoms with Crippen molar-refractivity contribution in [2.24, 2.45) is 0 Å². The first-order valence-electron chi connectivity index (χ1n) is 11.1. The number of esters is 1. The van der Waals surface area contributed by atoms with E-state index >= 15 is 0 Å². The van der Waals surface area contributed by atoms with E-state index < -0.39 is 10.1 Å². The highest BCUT2D eigenvalue weighted by Crippen LogP contribution is 2.24. The lowest BCUT2D eigenvalue weighted by molar-refractivity contribution is 0.0600. The van der Waals surface area contributed by atoms with Gasteiger partial charge in [-0.25, -0.2) is 4.79 Å². The van der Waals surface area contributed by atoms with E-state index in [1.165, 1.54) is 7.11 Å². The van der Waals surface area contributed by atoms with Gasteiger partial charge in [-0.2, -0.15) is 8.42 Å². The van der Waals surface area contributed by atoms with Crippen molar-refractivity contribution in [2.75, 3.05) is 38.2 Å². The number of hydrogen-bond acceptors (Lipinski definition) is 7. The van der Waals surface area contributed by atoms with Gasteiger partial charge in [0, 0.05) is 38.4 Å². The average molecular weight is 481 g/mol. The quantitative estimate of drug-likeness (QED) is 0.375. The fraction of sp³-hybridized carbons (Fsp3) is 0.269. The van der Waals surface area contributed by atoms with Gasteiger partial charge in [0.1, 0.15) is 10.6 Å². The number of methoxy groups -OCH3 is 1. The lowest BCUT2D eigenvalue weighted by atomic mass is 10.1. The molecule has 0 saturated carbocycles. The van der Waals surface area contributed by atoms with Crippen molar-refractivity contribution >= 4 is 21.8 Å². The summed E-state index contributed by atoms with van der Waals surface area (Å²) in [5.41, 5.74) is 3.72. The molecule has 0 aromatic heterocycles. The SMILES string of the molecule is COC(=O)c1ccc(CN2CCN(c3ccc(OS(=O)(=O)c4ccc(C)cc4)cc3)CC2)cc1. The molecule has 0 atom stereocenters. The molecule has 0 bridgehead atoms. The van der Waals surface area contributed by atoms with Crippen LogP contribution >= 0.6 is 0 Å². The molecule has 0 radical (unpaired) electrons. The third-order valence-electron chi connectivity index (χ3n) is 5.87. The van der Waals surface area contributed by atoms with E-state index in [2.05, 4.69) is 9.80 Å². The molecule has 0 N–H and O–H groups in total. The van der Waals surface area contributed by atoms with Crippen LogP contribution < -0.4 is 9.08 Å². The molecule has 3 aromatic rings. The summed E-state index contributed by atoms with van der Waals surface area (Å²) >= 11 is 0. The van der Waals surface area contributed by atoms with Gasteiger partial charge in [0.15, 0.2) is 0 Å². The summed E-state index contributed by atoms with van der Waals surface area (Å²) in [6.45, 7) is 6.25. The second-order valence-corrected chi connectivity index (χ2v) is 9.84. The maximum absolute atomic E-state index is 12.5. The van der Waals surface area contributed by atoms with Crippen molar-refractivity contribution in [3.05, 3.63) is 89.5 Å². The van der Waals surface area contributed by atoms with Gasteiger partial charge in [-0.15, -0.1) is 0 Å². The van der Waals surface area contributed by atoms with Crippen molar-refractivity contribution in [3.8, 4) is 5.75 Å². The minimum absolute atomic E-state index is 0.137. The molecule has 8 heteroatoms. The molecule has 1 heterocycles. The van der Waals surface area contributed by atoms with Crippen LogP contribution in [0.3, 0.4) is 0 Å². The Labute approximate surface area is 200 Å². The van der Waals surface area contributed by atoms with Gasteiger partial charge < -0.3 is 13.8 Å². The van der Waals surface area contributed by atoms with Crippen LogP contribution in [-0.4, -0.2) is 52.6 Å². The molecule has 7 nitrogen and oxygen atoms in total. The lowest BCUT2D eigenvalue weighted by Crippen LogP contribution is -2.45. The van der Waals surface area contributed by atoms with Gasteiger partial charge in [0.2, 0.25) is 0 Å². The highest BCUT2D eigenvalue weighted by atomic mass is 32.2. The fourth-order valence-corrected chi connectivity index (χ4v) is 4.81. The van der Waals surface area contributed by atoms with E-state index in [0.717, 1.165) is 49.5 Å². The Kier molecular flexibility index (Phi) is 7.19. The summed E-state index contributed by atoms with van der Waals surface area (Å²) in [4.78, 5) is 16.4. The highest BCUT2D eigenvalue weighted by Gasteiger charge is 2.19. The van der Waals surface area contributed by atoms with Crippen LogP contribution in [0.4, 0.5) is 5.69 Å². The Balaban J connectivity index is 1.30. The van der Waals surface area contributed by atoms with Crippen LogP contribution in [0.2, 0.25) is 0 Å². The van der Waals surface area contributed by atoms with Crippen LogP contribution in [0.5, 0.6) is 5.75 Å². The number of anilines is 1. The first kappa shape index (κ1) is 23.8. The number of nitrogens with zero attached hydrogens (tertiary/aromatic N) is 2. The number of rotatable bonds is 7. The topological polar surface area (TPSA) is 76.2 Å². The van der Waals surface area contributed by atoms with E-state index in [9.17, 15) is 13.2 Å². The van der Waals surface area contributed by atoms with E-state index in [0.29, 0.717) is 11.3 Å². The molecule has 0 aliphatic carbocycles. The van der Waals surface area contributed by atoms with E-state index in [-0.39, 0.29) is 10.9 Å². The molecule has 1 fully saturated rings. The van der Waals surface area contributed by atoms with Crippen molar-refractivity contribution in [1.29, 1.82) is 0 Å². The van der Waals surface area contributed by atoms with Crippen molar-refractivity contribution in [3.63, 3.8) is 0 Å². The van der Waals surface area contributed by atoms with Crippen LogP contribution in [0.1, 0.15) is 21.5 Å². The van der Waals surface area contributed by atoms with E-state index in [1.54, 1.807) is 48.5 Å². The van der Waals surface area contributed by atoms with E-state index in [1.807, 2.05) is 31.2 Å². The second-order valence-electron chi connectivity index (χ2n) is 8.30. The number of ether oxygens (including phenoxy) is 1. The molecule has 1 aliphatic heterocycles. The van der Waals surface area contributed by atoms with Crippen molar-refractivity contribution in [2.45, 2.75) is 18.4 Å². The lowest BCUT2D eigenvalue weighted by Gasteiger charge is -2.36. The van der Waals surface area contributed by atoms with E-state index in [4.69, 9.17) is 8.92 Å². The number of aryl methyl sites for hydroxylation is 1. The summed E-state index contributed by atoms with van der Waals surface area (Å²) in [6, 6.07) is 21.3. The van der Waals surface area contributed by atoms with Gasteiger partial charge in [-0.05, 0) is 61.0 Å². The molecule has 3 aromatic carbocycles. The number of hydrogen-bond donors (Lipinski definition) is 0. The standard InChI is InChI=1S/C26H28N2O5S/c1-20-3-13-25(14-4-20)34(30,31)33-24-11-9-23(10-12-24)28-17-15-27(16-18-28)19-21-5-7-22(8-6-21)26(29)32-2/h3-14H,15-19H2,1-2H3. The maximum atomic E-state index is 12.5. The molecule has 178 valence electrons. The Bertz CT molecular complexity index is 1220. The predicted octanol–water partition coefficient (Wildman–Crippen LogP) is 3.87. The zero-order valence-electron chi connectivity index (χ0n) is 19.3. The Morgan fingerprint density at radius 3 is 2.06 bits per heavy atom. The largest absolute Gasteiger partial charge is 0.465 e. The summed E-state index contributed by atoms with van der Waals surface area (Å²) in [6.07, 6.45) is 0. The summed E-state index contributed by atoms with van der Waals surface area (Å²) in [5.74, 6) is -0.0392. The molecule has 0 amide bonds. The minimum Gasteiger partial charge on any atom is -0.465 e. The molecule has 4 rings (SSSR count). The van der Waals surface area contributed by atoms with Crippen molar-refractivity contribution in [1.82, 2.24) is 4.90 Å². The van der Waals surface area contributed by atoms with Gasteiger partial charge in [0.25, 0.3) is 0 Å². The van der Waals surface area contributed by atoms with Crippen LogP contribution in [0, 0.1) is 6.92 Å². The van der Waals surface area contributed by atoms with Crippen molar-refractivity contribution < 1.29 is 22.1 Å². The van der Waals surface area contributed by atoms with Crippen LogP contribution in [0.25, 0.3) is 0 Å². The van der Waals surface area contributed by atoms with Gasteiger partial charge in [-0.3, -0.25) is 4.90 Å². The smallest absolute Gasteiger partial charge is 0.339 e. The molecule has 0 spiro atoms. The molecular weight excluding hydrogens is 452 g/mol. The summed E-state index contributed by atoms with van der Waals surface area (Å²) < 4.78 is 35.0. The highest BCUT2D eigenvalue weighted by molar-refractivity contribution is 7.87. The number of piperazine rings is 1. The van der Waals surface area contributed by atoms with Gasteiger partial charge in [-0.1, -0.05) is 29.8 Å². The normalized spacial score (nSPS) is 14.6. The molecule has 1 saturated heterocycles. The molecule has 34 heavy (non-hydrogen) atoms. The zero-order valence-corrected chi connectivity index (χ0v) is 20.1. The van der Waals surface area contributed by atoms with Gasteiger partial charge >= 0.3 is 16.1 Å². The first-order valence-corrected chi connectivity index (χ1v) is 12.5. The third kappa shape index (κ3) is 5.76. The minimum atomic E-state index is -3.86. The monoisotopic (exact) mass is 480 g/mol. The van der Waals surface area contributed by atoms with Crippen LogP contribution in [-0.2, 0) is 21.4 Å². The average Bonchev–Trinajstić information content (AvgIpc) is 2.85. The molecular formula is C26H28N2O5S. The first-order chi connectivity index (χ1) is 16.3. The van der Waals surface area contributed by atoms with Crippen LogP contribution in [0.15, 0.2) is 77.7 Å². The number of carbonyl (C=O) groups is 1. The zero-order chi connectivity index (χ0) is 24.1. The second kappa shape index (κ2) is 10.3. The Morgan fingerprint density at radius 1 is 0.853 bits per heavy atom. The third-order valence-corrected chi connectivity index (χ3v) is 7.13. The maximum Gasteiger partial charge on any atom is 0.339 e. The predicted molar refractivity (Wildman–Crippen MR) is 131 cm³/mol. The summed E-state index contributed by atoms with van der Waals surface area (Å²) in [5, 5.41) is 0. The fourth-order valence-electron chi connectivity index (χ4n) is 3.88. The number of benzene rings is 3. The Morgan fingerprint density at radius 2 is 1.47 bits per heavy atom. The summed E-state index contributed by atoms with van der Waals surface area (Å²) in [7, 11) is -2.48. The molecule has 0 unspecified atom stereocenters.